The number of nitrogens with zero attached hydrogens (tertiary/aromatic N) is 4. The maximum absolute atomic E-state index is 12.2. The van der Waals surface area contributed by atoms with Crippen molar-refractivity contribution in [2.75, 3.05) is 5.75 Å². The Kier molecular flexibility index (Phi) is 4.44. The van der Waals surface area contributed by atoms with Crippen LogP contribution in [0.15, 0.2) is 18.5 Å². The Balaban J connectivity index is 1.61. The lowest BCUT2D eigenvalue weighted by molar-refractivity contribution is 0.505. The summed E-state index contributed by atoms with van der Waals surface area (Å²) in [5, 5.41) is 8.69. The number of rotatable bonds is 6. The summed E-state index contributed by atoms with van der Waals surface area (Å²) >= 11 is 0. The summed E-state index contributed by atoms with van der Waals surface area (Å²) in [7, 11) is -3.22. The molecule has 1 fully saturated rings. The quantitative estimate of drug-likeness (QED) is 0.686. The van der Waals surface area contributed by atoms with Crippen molar-refractivity contribution in [3.8, 4) is 0 Å². The monoisotopic (exact) mass is 376 g/mol. The highest BCUT2D eigenvalue weighted by Crippen LogP contribution is 2.39. The van der Waals surface area contributed by atoms with Gasteiger partial charge in [-0.1, -0.05) is 20.3 Å². The normalized spacial score (nSPS) is 24.0. The molecule has 0 bridgehead atoms. The van der Waals surface area contributed by atoms with E-state index in [1.165, 1.54) is 0 Å². The van der Waals surface area contributed by atoms with Crippen LogP contribution in [0.4, 0.5) is 0 Å². The largest absolute Gasteiger partial charge is 0.345 e. The Hall–Kier alpha value is -2.00. The first kappa shape index (κ1) is 17.4. The van der Waals surface area contributed by atoms with Crippen molar-refractivity contribution in [2.24, 2.45) is 5.92 Å². The van der Waals surface area contributed by atoms with Crippen LogP contribution in [0.3, 0.4) is 0 Å². The molecule has 0 unspecified atom stereocenters. The minimum atomic E-state index is -3.22. The topological polar surface area (TPSA) is 105 Å². The zero-order valence-electron chi connectivity index (χ0n) is 15.0. The Bertz CT molecular complexity index is 1020. The second kappa shape index (κ2) is 6.62. The van der Waals surface area contributed by atoms with E-state index in [1.54, 1.807) is 6.20 Å². The molecule has 0 saturated heterocycles. The van der Waals surface area contributed by atoms with Crippen molar-refractivity contribution in [3.63, 3.8) is 0 Å². The van der Waals surface area contributed by atoms with Gasteiger partial charge in [0.15, 0.2) is 11.3 Å². The van der Waals surface area contributed by atoms with E-state index < -0.39 is 10.0 Å². The minimum absolute atomic E-state index is 0.0484. The van der Waals surface area contributed by atoms with Crippen molar-refractivity contribution in [1.82, 2.24) is 29.3 Å². The van der Waals surface area contributed by atoms with Crippen molar-refractivity contribution in [3.05, 3.63) is 24.3 Å². The smallest absolute Gasteiger partial charge is 0.211 e. The third-order valence-electron chi connectivity index (χ3n) is 5.29. The number of aromatic nitrogens is 5. The van der Waals surface area contributed by atoms with Crippen molar-refractivity contribution in [2.45, 2.75) is 51.5 Å². The van der Waals surface area contributed by atoms with E-state index in [2.05, 4.69) is 31.8 Å². The molecule has 0 spiro atoms. The summed E-state index contributed by atoms with van der Waals surface area (Å²) in [4.78, 5) is 7.46. The molecule has 1 aliphatic carbocycles. The van der Waals surface area contributed by atoms with Gasteiger partial charge in [0, 0.05) is 18.2 Å². The van der Waals surface area contributed by atoms with E-state index in [-0.39, 0.29) is 17.7 Å². The summed E-state index contributed by atoms with van der Waals surface area (Å²) in [6, 6.07) is 1.92. The van der Waals surface area contributed by atoms with E-state index in [0.717, 1.165) is 36.3 Å². The van der Waals surface area contributed by atoms with Gasteiger partial charge >= 0.3 is 0 Å². The third-order valence-corrected chi connectivity index (χ3v) is 6.81. The van der Waals surface area contributed by atoms with Gasteiger partial charge in [0.1, 0.15) is 5.82 Å². The average molecular weight is 376 g/mol. The predicted octanol–water partition coefficient (Wildman–Crippen LogP) is 2.21. The molecule has 1 saturated carbocycles. The Labute approximate surface area is 152 Å². The van der Waals surface area contributed by atoms with E-state index >= 15 is 0 Å². The number of H-pyrrole nitrogens is 1. The van der Waals surface area contributed by atoms with E-state index in [0.29, 0.717) is 18.0 Å². The summed E-state index contributed by atoms with van der Waals surface area (Å²) in [6.07, 6.45) is 6.67. The van der Waals surface area contributed by atoms with Gasteiger partial charge in [0.25, 0.3) is 0 Å². The van der Waals surface area contributed by atoms with Crippen LogP contribution < -0.4 is 4.72 Å². The van der Waals surface area contributed by atoms with Gasteiger partial charge in [0.05, 0.1) is 17.5 Å². The Morgan fingerprint density at radius 3 is 3.00 bits per heavy atom. The first-order valence-electron chi connectivity index (χ1n) is 9.15. The fourth-order valence-electron chi connectivity index (χ4n) is 3.99. The molecule has 0 aliphatic heterocycles. The van der Waals surface area contributed by atoms with Gasteiger partial charge in [-0.25, -0.2) is 18.1 Å². The van der Waals surface area contributed by atoms with Gasteiger partial charge in [-0.05, 0) is 31.2 Å². The summed E-state index contributed by atoms with van der Waals surface area (Å²) in [5.41, 5.74) is 2.45. The highest BCUT2D eigenvalue weighted by Gasteiger charge is 2.37. The zero-order chi connectivity index (χ0) is 18.3. The number of fused-ring (bicyclic) bond motifs is 3. The first-order chi connectivity index (χ1) is 12.5. The highest BCUT2D eigenvalue weighted by atomic mass is 32.2. The Morgan fingerprint density at radius 2 is 2.19 bits per heavy atom. The molecule has 3 heterocycles. The number of aromatic amines is 1. The third kappa shape index (κ3) is 3.09. The molecule has 140 valence electrons. The molecule has 3 aromatic heterocycles. The molecule has 0 radical (unpaired) electrons. The van der Waals surface area contributed by atoms with Gasteiger partial charge in [-0.3, -0.25) is 4.40 Å². The molecule has 1 aliphatic rings. The molecular formula is C17H24N6O2S. The van der Waals surface area contributed by atoms with Gasteiger partial charge < -0.3 is 4.98 Å². The molecule has 2 N–H and O–H groups in total. The van der Waals surface area contributed by atoms with Crippen LogP contribution in [-0.4, -0.2) is 44.8 Å². The minimum Gasteiger partial charge on any atom is -0.345 e. The highest BCUT2D eigenvalue weighted by molar-refractivity contribution is 7.89. The van der Waals surface area contributed by atoms with Gasteiger partial charge in [0.2, 0.25) is 10.0 Å². The van der Waals surface area contributed by atoms with Crippen molar-refractivity contribution >= 4 is 26.8 Å². The fraction of sp³-hybridized carbons (Fsp3) is 0.588. The second-order valence-electron chi connectivity index (χ2n) is 7.26. The lowest BCUT2D eigenvalue weighted by Crippen LogP contribution is -2.34. The number of sulfonamides is 1. The molecule has 4 rings (SSSR count). The number of hydrogen-bond acceptors (Lipinski definition) is 5. The number of nitrogens with one attached hydrogen (secondary N) is 2. The predicted molar refractivity (Wildman–Crippen MR) is 99.4 cm³/mol. The molecule has 0 amide bonds. The molecule has 3 aromatic rings. The van der Waals surface area contributed by atoms with E-state index in [4.69, 9.17) is 0 Å². The molecular weight excluding hydrogens is 352 g/mol. The van der Waals surface area contributed by atoms with Crippen LogP contribution in [0, 0.1) is 5.92 Å². The Morgan fingerprint density at radius 1 is 1.35 bits per heavy atom. The second-order valence-corrected chi connectivity index (χ2v) is 9.14. The van der Waals surface area contributed by atoms with E-state index in [1.807, 2.05) is 23.6 Å². The molecule has 0 aromatic carbocycles. The lowest BCUT2D eigenvalue weighted by atomic mass is 9.97. The number of hydrogen-bond donors (Lipinski definition) is 2. The maximum Gasteiger partial charge on any atom is 0.211 e. The zero-order valence-corrected chi connectivity index (χ0v) is 15.8. The molecule has 3 atom stereocenters. The fourth-order valence-corrected chi connectivity index (χ4v) is 5.48. The van der Waals surface area contributed by atoms with Crippen molar-refractivity contribution in [1.29, 1.82) is 0 Å². The van der Waals surface area contributed by atoms with Crippen LogP contribution in [0.1, 0.15) is 51.3 Å². The van der Waals surface area contributed by atoms with Crippen LogP contribution in [-0.2, 0) is 10.0 Å². The van der Waals surface area contributed by atoms with Crippen molar-refractivity contribution < 1.29 is 8.42 Å². The summed E-state index contributed by atoms with van der Waals surface area (Å²) < 4.78 is 29.4. The summed E-state index contributed by atoms with van der Waals surface area (Å²) in [6.45, 7) is 4.15. The van der Waals surface area contributed by atoms with Crippen LogP contribution in [0.5, 0.6) is 0 Å². The van der Waals surface area contributed by atoms with Crippen LogP contribution in [0.2, 0.25) is 0 Å². The number of unbranched alkanes of at least 4 members (excludes halogenated alkanes) is 1. The van der Waals surface area contributed by atoms with E-state index in [9.17, 15) is 8.42 Å². The summed E-state index contributed by atoms with van der Waals surface area (Å²) in [5.74, 6) is 1.56. The molecule has 9 heteroatoms. The molecule has 8 nitrogen and oxygen atoms in total. The van der Waals surface area contributed by atoms with Gasteiger partial charge in [-0.2, -0.15) is 0 Å². The van der Waals surface area contributed by atoms with Crippen LogP contribution >= 0.6 is 0 Å². The first-order valence-corrected chi connectivity index (χ1v) is 10.8. The standard InChI is InChI=1S/C17H24N6O2S/c1-3-4-7-26(24,25)22-12-8-11(2)13(9-12)17-21-20-15-10-19-16-14(23(15)17)5-6-18-16/h5-6,10-13,18,22H,3-4,7-9H2,1-2H3/t11-,12+,13+/m1/s1. The maximum atomic E-state index is 12.2. The SMILES string of the molecule is CCCCS(=O)(=O)N[C@H]1C[C@@H](C)[C@@H](c2nnc3cnc4[nH]ccc4n23)C1. The lowest BCUT2D eigenvalue weighted by Gasteiger charge is -2.14. The molecule has 26 heavy (non-hydrogen) atoms. The average Bonchev–Trinajstić information content (AvgIpc) is 3.29. The van der Waals surface area contributed by atoms with Crippen LogP contribution in [0.25, 0.3) is 16.8 Å². The van der Waals surface area contributed by atoms with Gasteiger partial charge in [-0.15, -0.1) is 10.2 Å².